The van der Waals surface area contributed by atoms with E-state index in [9.17, 15) is 29.1 Å². The summed E-state index contributed by atoms with van der Waals surface area (Å²) in [6.07, 6.45) is 10.8. The topological polar surface area (TPSA) is 155 Å². The van der Waals surface area contributed by atoms with Gasteiger partial charge in [0.25, 0.3) is 5.91 Å². The molecule has 1 fully saturated rings. The lowest BCUT2D eigenvalue weighted by atomic mass is 10.0. The number of esters is 1. The van der Waals surface area contributed by atoms with Crippen molar-refractivity contribution in [1.82, 2.24) is 14.8 Å². The highest BCUT2D eigenvalue weighted by Crippen LogP contribution is 2.40. The number of nitrogens with one attached hydrogen (secondary N) is 1. The number of hydrogen-bond acceptors (Lipinski definition) is 7. The predicted molar refractivity (Wildman–Crippen MR) is 139 cm³/mol. The summed E-state index contributed by atoms with van der Waals surface area (Å²) in [5.41, 5.74) is 0.162. The highest BCUT2D eigenvalue weighted by molar-refractivity contribution is 8.00. The highest BCUT2D eigenvalue weighted by atomic mass is 32.2. The summed E-state index contributed by atoms with van der Waals surface area (Å²) in [7, 11) is 0. The van der Waals surface area contributed by atoms with Gasteiger partial charge in [-0.25, -0.2) is 4.79 Å². The molecule has 0 aromatic carbocycles. The Morgan fingerprint density at radius 2 is 1.68 bits per heavy atom. The number of fused-ring (bicyclic) bond motifs is 1. The second kappa shape index (κ2) is 14.0. The fourth-order valence-electron chi connectivity index (χ4n) is 4.70. The average molecular weight is 550 g/mol. The lowest BCUT2D eigenvalue weighted by Gasteiger charge is -2.49. The van der Waals surface area contributed by atoms with E-state index in [0.717, 1.165) is 38.5 Å². The minimum atomic E-state index is -1.28. The number of carbonyl (C=O) groups excluding carboxylic acids is 3. The van der Waals surface area contributed by atoms with Crippen molar-refractivity contribution in [2.45, 2.75) is 82.2 Å². The van der Waals surface area contributed by atoms with Crippen molar-refractivity contribution in [2.24, 2.45) is 0 Å². The molecule has 3 unspecified atom stereocenters. The Balaban J connectivity index is 1.53. The van der Waals surface area contributed by atoms with Crippen molar-refractivity contribution in [3.05, 3.63) is 35.8 Å². The van der Waals surface area contributed by atoms with E-state index in [1.165, 1.54) is 23.6 Å². The lowest BCUT2D eigenvalue weighted by Crippen LogP contribution is -2.71. The molecule has 1 saturated heterocycles. The van der Waals surface area contributed by atoms with Gasteiger partial charge in [-0.1, -0.05) is 38.5 Å². The summed E-state index contributed by atoms with van der Waals surface area (Å²) >= 11 is 1.33. The molecule has 11 nitrogen and oxygen atoms in total. The van der Waals surface area contributed by atoms with Gasteiger partial charge in [0.05, 0.1) is 0 Å². The second-order valence-electron chi connectivity index (χ2n) is 9.49. The first-order chi connectivity index (χ1) is 18.2. The number of unbranched alkanes of at least 4 members (excludes halogenated alkanes) is 6. The minimum Gasteiger partial charge on any atom is -0.481 e. The fourth-order valence-corrected chi connectivity index (χ4v) is 6.03. The second-order valence-corrected chi connectivity index (χ2v) is 10.6. The molecule has 1 aromatic rings. The molecule has 208 valence electrons. The summed E-state index contributed by atoms with van der Waals surface area (Å²) in [6, 6.07) is 2.34. The number of carboxylic acids is 2. The maximum atomic E-state index is 13.3. The van der Waals surface area contributed by atoms with E-state index in [-0.39, 0.29) is 30.4 Å². The van der Waals surface area contributed by atoms with Gasteiger partial charge >= 0.3 is 17.9 Å². The zero-order chi connectivity index (χ0) is 27.7. The SMILES string of the molecule is CC(=O)OCC1=C(C(=O)O)N2C(=O)C(NC(=O)C(CCCCCCCCCC(=O)O)n3cccc3)C2SC1. The van der Waals surface area contributed by atoms with Crippen LogP contribution in [0.25, 0.3) is 0 Å². The number of aliphatic carboxylic acids is 2. The maximum Gasteiger partial charge on any atom is 0.352 e. The first kappa shape index (κ1) is 29.3. The van der Waals surface area contributed by atoms with Crippen LogP contribution in [0.3, 0.4) is 0 Å². The van der Waals surface area contributed by atoms with E-state index in [1.807, 2.05) is 29.1 Å². The Labute approximate surface area is 225 Å². The molecule has 1 aromatic heterocycles. The average Bonchev–Trinajstić information content (AvgIpc) is 3.40. The smallest absolute Gasteiger partial charge is 0.352 e. The van der Waals surface area contributed by atoms with E-state index >= 15 is 0 Å². The zero-order valence-electron chi connectivity index (χ0n) is 21.5. The van der Waals surface area contributed by atoms with Crippen molar-refractivity contribution in [3.8, 4) is 0 Å². The lowest BCUT2D eigenvalue weighted by molar-refractivity contribution is -0.151. The highest BCUT2D eigenvalue weighted by Gasteiger charge is 2.54. The number of amides is 2. The molecule has 0 saturated carbocycles. The van der Waals surface area contributed by atoms with Crippen molar-refractivity contribution in [1.29, 1.82) is 0 Å². The molecule has 2 aliphatic heterocycles. The molecule has 0 radical (unpaired) electrons. The van der Waals surface area contributed by atoms with Gasteiger partial charge in [-0.3, -0.25) is 24.1 Å². The Hall–Kier alpha value is -3.28. The van der Waals surface area contributed by atoms with Crippen LogP contribution in [0.2, 0.25) is 0 Å². The summed E-state index contributed by atoms with van der Waals surface area (Å²) in [5, 5.41) is 20.7. The fraction of sp³-hybridized carbons (Fsp3) is 0.577. The number of rotatable bonds is 16. The van der Waals surface area contributed by atoms with Crippen LogP contribution < -0.4 is 5.32 Å². The Morgan fingerprint density at radius 3 is 2.29 bits per heavy atom. The van der Waals surface area contributed by atoms with Gasteiger partial charge in [0, 0.05) is 37.1 Å². The molecule has 0 aliphatic carbocycles. The van der Waals surface area contributed by atoms with Gasteiger partial charge in [-0.2, -0.15) is 0 Å². The molecule has 2 amide bonds. The number of β-lactam (4-membered cyclic amide) rings is 1. The quantitative estimate of drug-likeness (QED) is 0.160. The summed E-state index contributed by atoms with van der Waals surface area (Å²) in [5.74, 6) is -3.10. The van der Waals surface area contributed by atoms with Crippen LogP contribution in [0.4, 0.5) is 0 Å². The minimum absolute atomic E-state index is 0.185. The molecule has 12 heteroatoms. The van der Waals surface area contributed by atoms with E-state index in [4.69, 9.17) is 9.84 Å². The third-order valence-electron chi connectivity index (χ3n) is 6.66. The largest absolute Gasteiger partial charge is 0.481 e. The van der Waals surface area contributed by atoms with Gasteiger partial charge in [0.2, 0.25) is 5.91 Å². The van der Waals surface area contributed by atoms with Gasteiger partial charge in [-0.05, 0) is 25.0 Å². The molecule has 0 spiro atoms. The van der Waals surface area contributed by atoms with Crippen LogP contribution in [0.1, 0.15) is 70.8 Å². The van der Waals surface area contributed by atoms with Gasteiger partial charge in [0.1, 0.15) is 29.8 Å². The summed E-state index contributed by atoms with van der Waals surface area (Å²) in [4.78, 5) is 61.0. The van der Waals surface area contributed by atoms with E-state index in [2.05, 4.69) is 5.32 Å². The Kier molecular flexibility index (Phi) is 10.8. The van der Waals surface area contributed by atoms with Crippen molar-refractivity contribution >= 4 is 41.5 Å². The van der Waals surface area contributed by atoms with Crippen LogP contribution in [0, 0.1) is 0 Å². The molecular weight excluding hydrogens is 514 g/mol. The number of nitrogens with zero attached hydrogens (tertiary/aromatic N) is 2. The van der Waals surface area contributed by atoms with Gasteiger partial charge < -0.3 is 24.8 Å². The number of carbonyl (C=O) groups is 5. The van der Waals surface area contributed by atoms with Crippen molar-refractivity contribution in [2.75, 3.05) is 12.4 Å². The maximum absolute atomic E-state index is 13.3. The van der Waals surface area contributed by atoms with E-state index in [1.54, 1.807) is 0 Å². The summed E-state index contributed by atoms with van der Waals surface area (Å²) < 4.78 is 6.77. The molecule has 38 heavy (non-hydrogen) atoms. The molecule has 2 aliphatic rings. The van der Waals surface area contributed by atoms with Crippen LogP contribution in [0.5, 0.6) is 0 Å². The molecule has 3 rings (SSSR count). The normalized spacial score (nSPS) is 19.4. The zero-order valence-corrected chi connectivity index (χ0v) is 22.3. The van der Waals surface area contributed by atoms with E-state index in [0.29, 0.717) is 18.4 Å². The monoisotopic (exact) mass is 549 g/mol. The van der Waals surface area contributed by atoms with Gasteiger partial charge in [-0.15, -0.1) is 11.8 Å². The first-order valence-corrected chi connectivity index (χ1v) is 13.9. The number of aromatic nitrogens is 1. The van der Waals surface area contributed by atoms with Crippen LogP contribution in [-0.4, -0.2) is 73.2 Å². The molecule has 3 heterocycles. The standard InChI is InChI=1S/C26H35N3O8S/c1-17(30)37-15-18-16-38-25-21(24(34)29(25)22(18)26(35)36)27-23(33)19(28-13-9-10-14-28)11-7-5-3-2-4-6-8-12-20(31)32/h9-10,13-14,19,21,25H,2-8,11-12,15-16H2,1H3,(H,27,33)(H,31,32)(H,35,36). The molecular formula is C26H35N3O8S. The van der Waals surface area contributed by atoms with Crippen molar-refractivity contribution < 1.29 is 38.9 Å². The van der Waals surface area contributed by atoms with Crippen molar-refractivity contribution in [3.63, 3.8) is 0 Å². The number of carboxylic acid groups (broad SMARTS) is 2. The Morgan fingerprint density at radius 1 is 1.05 bits per heavy atom. The number of thioether (sulfide) groups is 1. The van der Waals surface area contributed by atoms with Crippen LogP contribution in [-0.2, 0) is 28.7 Å². The summed E-state index contributed by atoms with van der Waals surface area (Å²) in [6.45, 7) is 1.03. The predicted octanol–water partition coefficient (Wildman–Crippen LogP) is 2.93. The third-order valence-corrected chi connectivity index (χ3v) is 8.00. The van der Waals surface area contributed by atoms with Gasteiger partial charge in [0.15, 0.2) is 0 Å². The van der Waals surface area contributed by atoms with E-state index < -0.39 is 41.3 Å². The van der Waals surface area contributed by atoms with Crippen LogP contribution >= 0.6 is 11.8 Å². The molecule has 3 N–H and O–H groups in total. The third kappa shape index (κ3) is 7.62. The number of ether oxygens (including phenoxy) is 1. The Bertz CT molecular complexity index is 1050. The molecule has 3 atom stereocenters. The first-order valence-electron chi connectivity index (χ1n) is 12.9. The number of hydrogen-bond donors (Lipinski definition) is 3. The van der Waals surface area contributed by atoms with Crippen LogP contribution in [0.15, 0.2) is 35.8 Å². The molecule has 0 bridgehead atoms.